The van der Waals surface area contributed by atoms with Crippen LogP contribution in [-0.2, 0) is 14.0 Å². The summed E-state index contributed by atoms with van der Waals surface area (Å²) in [5, 5.41) is 2.52. The minimum atomic E-state index is -2.67. The summed E-state index contributed by atoms with van der Waals surface area (Å²) in [6.45, 7) is 18.1. The third-order valence-corrected chi connectivity index (χ3v) is 14.0. The predicted octanol–water partition coefficient (Wildman–Crippen LogP) is 5.80. The van der Waals surface area contributed by atoms with Gasteiger partial charge >= 0.3 is 5.97 Å². The Morgan fingerprint density at radius 2 is 1.57 bits per heavy atom. The maximum Gasteiger partial charge on any atom is 0.334 e. The summed E-state index contributed by atoms with van der Waals surface area (Å²) >= 11 is 0. The van der Waals surface area contributed by atoms with Gasteiger partial charge in [0.05, 0.1) is 6.10 Å². The van der Waals surface area contributed by atoms with Crippen LogP contribution in [0, 0.1) is 17.3 Å². The third kappa shape index (κ3) is 3.86. The van der Waals surface area contributed by atoms with E-state index in [1.54, 1.807) is 0 Å². The molecule has 2 aromatic rings. The van der Waals surface area contributed by atoms with Crippen LogP contribution in [-0.4, -0.2) is 26.5 Å². The third-order valence-electron chi connectivity index (χ3n) is 8.99. The van der Waals surface area contributed by atoms with Crippen LogP contribution >= 0.6 is 0 Å². The first kappa shape index (κ1) is 24.3. The van der Waals surface area contributed by atoms with Gasteiger partial charge in [-0.3, -0.25) is 0 Å². The van der Waals surface area contributed by atoms with Crippen molar-refractivity contribution in [3.05, 3.63) is 85.0 Å². The first-order valence-electron chi connectivity index (χ1n) is 12.9. The van der Waals surface area contributed by atoms with Crippen molar-refractivity contribution in [1.29, 1.82) is 0 Å². The maximum absolute atomic E-state index is 12.2. The molecule has 5 atom stereocenters. The zero-order chi connectivity index (χ0) is 25.0. The van der Waals surface area contributed by atoms with Crippen molar-refractivity contribution in [2.24, 2.45) is 17.3 Å². The summed E-state index contributed by atoms with van der Waals surface area (Å²) in [5.74, 6) is 0.184. The Balaban J connectivity index is 1.53. The average Bonchev–Trinajstić information content (AvgIpc) is 3.10. The lowest BCUT2D eigenvalue weighted by Gasteiger charge is -2.54. The Labute approximate surface area is 211 Å². The summed E-state index contributed by atoms with van der Waals surface area (Å²) in [6, 6.07) is 21.7. The summed E-state index contributed by atoms with van der Waals surface area (Å²) in [7, 11) is -2.67. The Morgan fingerprint density at radius 1 is 1.00 bits per heavy atom. The number of carbonyl (C=O) groups is 1. The van der Waals surface area contributed by atoms with E-state index in [1.165, 1.54) is 15.9 Å². The van der Waals surface area contributed by atoms with Crippen molar-refractivity contribution in [2.45, 2.75) is 70.6 Å². The summed E-state index contributed by atoms with van der Waals surface area (Å²) < 4.78 is 13.2. The largest absolute Gasteiger partial charge is 0.458 e. The van der Waals surface area contributed by atoms with E-state index in [0.717, 1.165) is 25.7 Å². The molecule has 2 saturated carbocycles. The van der Waals surface area contributed by atoms with Crippen molar-refractivity contribution >= 4 is 24.7 Å². The van der Waals surface area contributed by atoms with Crippen molar-refractivity contribution in [2.75, 3.05) is 0 Å². The molecule has 2 aliphatic carbocycles. The molecule has 1 heterocycles. The van der Waals surface area contributed by atoms with Gasteiger partial charge in [0.1, 0.15) is 6.10 Å². The number of fused-ring (bicyclic) bond motifs is 2. The minimum Gasteiger partial charge on any atom is -0.458 e. The SMILES string of the molecule is C=C1C(=O)O[C@@H]2C[C@@]3(C)CC[C@@H](O[Si](c4ccccc4)(c4ccccc4)C(C)(C)C)C(=C)[C@@H]3C[C@H]12. The molecule has 3 nitrogen and oxygen atoms in total. The molecule has 1 saturated heterocycles. The van der Waals surface area contributed by atoms with E-state index in [-0.39, 0.29) is 34.5 Å². The fourth-order valence-electron chi connectivity index (χ4n) is 7.07. The van der Waals surface area contributed by atoms with E-state index in [2.05, 4.69) is 102 Å². The molecule has 2 aromatic carbocycles. The minimum absolute atomic E-state index is 0.0118. The van der Waals surface area contributed by atoms with Gasteiger partial charge in [0.15, 0.2) is 0 Å². The fourth-order valence-corrected chi connectivity index (χ4v) is 11.8. The Kier molecular flexibility index (Phi) is 5.96. The van der Waals surface area contributed by atoms with Crippen LogP contribution in [0.15, 0.2) is 85.0 Å². The molecule has 35 heavy (non-hydrogen) atoms. The summed E-state index contributed by atoms with van der Waals surface area (Å²) in [6.07, 6.45) is 3.72. The van der Waals surface area contributed by atoms with E-state index in [9.17, 15) is 4.79 Å². The van der Waals surface area contributed by atoms with Crippen LogP contribution in [0.3, 0.4) is 0 Å². The highest BCUT2D eigenvalue weighted by atomic mass is 28.4. The zero-order valence-electron chi connectivity index (χ0n) is 21.6. The molecule has 0 N–H and O–H groups in total. The lowest BCUT2D eigenvalue weighted by molar-refractivity contribution is -0.142. The standard InChI is InChI=1S/C31H38O3Si/c1-21-25-19-26-22(2)27(17-18-31(26,6)20-28(25)33-29(21)32)34-35(30(3,4)5,23-13-9-7-10-14-23)24-15-11-8-12-16-24/h7-16,25-28H,1-2,17-20H2,3-6H3/t25-,26+,27-,28-,31-/m1/s1. The molecule has 0 aromatic heterocycles. The molecule has 0 radical (unpaired) electrons. The van der Waals surface area contributed by atoms with Gasteiger partial charge in [-0.15, -0.1) is 0 Å². The number of benzene rings is 2. The van der Waals surface area contributed by atoms with E-state index in [1.807, 2.05) is 0 Å². The molecule has 0 spiro atoms. The van der Waals surface area contributed by atoms with Gasteiger partial charge in [0.25, 0.3) is 8.32 Å². The molecular weight excluding hydrogens is 448 g/mol. The second-order valence-electron chi connectivity index (χ2n) is 12.1. The molecule has 184 valence electrons. The highest BCUT2D eigenvalue weighted by Gasteiger charge is 2.57. The Bertz CT molecular complexity index is 1090. The lowest BCUT2D eigenvalue weighted by atomic mass is 9.55. The highest BCUT2D eigenvalue weighted by molar-refractivity contribution is 6.99. The summed E-state index contributed by atoms with van der Waals surface area (Å²) in [5.41, 5.74) is 1.91. The molecule has 3 aliphatic rings. The molecule has 5 rings (SSSR count). The first-order valence-corrected chi connectivity index (χ1v) is 14.8. The number of carbonyl (C=O) groups excluding carboxylic acids is 1. The van der Waals surface area contributed by atoms with Gasteiger partial charge in [-0.2, -0.15) is 0 Å². The lowest BCUT2D eigenvalue weighted by Crippen LogP contribution is -2.68. The fraction of sp³-hybridized carbons (Fsp3) is 0.452. The quantitative estimate of drug-likeness (QED) is 0.237. The van der Waals surface area contributed by atoms with Gasteiger partial charge in [-0.05, 0) is 58.0 Å². The smallest absolute Gasteiger partial charge is 0.334 e. The van der Waals surface area contributed by atoms with Crippen LogP contribution in [0.4, 0.5) is 0 Å². The number of hydrogen-bond acceptors (Lipinski definition) is 3. The van der Waals surface area contributed by atoms with Crippen molar-refractivity contribution in [1.82, 2.24) is 0 Å². The second-order valence-corrected chi connectivity index (χ2v) is 16.4. The Morgan fingerprint density at radius 3 is 2.11 bits per heavy atom. The molecule has 1 aliphatic heterocycles. The molecule has 4 heteroatoms. The van der Waals surface area contributed by atoms with E-state index in [0.29, 0.717) is 11.5 Å². The van der Waals surface area contributed by atoms with Gasteiger partial charge in [-0.1, -0.05) is 102 Å². The second kappa shape index (κ2) is 8.60. The van der Waals surface area contributed by atoms with Gasteiger partial charge in [-0.25, -0.2) is 4.79 Å². The van der Waals surface area contributed by atoms with Gasteiger partial charge in [0.2, 0.25) is 0 Å². The molecule has 0 unspecified atom stereocenters. The molecular formula is C31H38O3Si. The number of rotatable bonds is 4. The van der Waals surface area contributed by atoms with Gasteiger partial charge in [0, 0.05) is 11.5 Å². The Hall–Kier alpha value is -2.43. The first-order chi connectivity index (χ1) is 16.6. The van der Waals surface area contributed by atoms with E-state index in [4.69, 9.17) is 9.16 Å². The molecule has 3 fully saturated rings. The molecule has 0 amide bonds. The van der Waals surface area contributed by atoms with Gasteiger partial charge < -0.3 is 9.16 Å². The monoisotopic (exact) mass is 486 g/mol. The van der Waals surface area contributed by atoms with Crippen LogP contribution in [0.1, 0.15) is 53.4 Å². The normalized spacial score (nSPS) is 31.0. The highest BCUT2D eigenvalue weighted by Crippen LogP contribution is 2.57. The average molecular weight is 487 g/mol. The summed E-state index contributed by atoms with van der Waals surface area (Å²) in [4.78, 5) is 12.2. The van der Waals surface area contributed by atoms with Crippen molar-refractivity contribution in [3.8, 4) is 0 Å². The van der Waals surface area contributed by atoms with Crippen molar-refractivity contribution < 1.29 is 14.0 Å². The molecule has 0 bridgehead atoms. The van der Waals surface area contributed by atoms with Crippen LogP contribution < -0.4 is 10.4 Å². The number of esters is 1. The van der Waals surface area contributed by atoms with Crippen LogP contribution in [0.2, 0.25) is 5.04 Å². The van der Waals surface area contributed by atoms with E-state index < -0.39 is 8.32 Å². The van der Waals surface area contributed by atoms with E-state index >= 15 is 0 Å². The number of hydrogen-bond donors (Lipinski definition) is 0. The van der Waals surface area contributed by atoms with Crippen molar-refractivity contribution in [3.63, 3.8) is 0 Å². The van der Waals surface area contributed by atoms with Crippen LogP contribution in [0.5, 0.6) is 0 Å². The maximum atomic E-state index is 12.2. The predicted molar refractivity (Wildman–Crippen MR) is 144 cm³/mol. The number of ether oxygens (including phenoxy) is 1. The topological polar surface area (TPSA) is 35.5 Å². The zero-order valence-corrected chi connectivity index (χ0v) is 22.6. The van der Waals surface area contributed by atoms with Crippen LogP contribution in [0.25, 0.3) is 0 Å².